The molecule has 2 rings (SSSR count). The minimum Gasteiger partial charge on any atom is -0.406 e. The van der Waals surface area contributed by atoms with Gasteiger partial charge in [0.05, 0.1) is 6.21 Å². The van der Waals surface area contributed by atoms with E-state index in [1.807, 2.05) is 0 Å². The number of ether oxygens (including phenoxy) is 1. The Balaban J connectivity index is 2.15. The van der Waals surface area contributed by atoms with Gasteiger partial charge in [-0.15, -0.1) is 0 Å². The van der Waals surface area contributed by atoms with Crippen LogP contribution in [0.4, 0.5) is 0 Å². The summed E-state index contributed by atoms with van der Waals surface area (Å²) >= 11 is 0. The van der Waals surface area contributed by atoms with Gasteiger partial charge in [0.15, 0.2) is 12.5 Å². The van der Waals surface area contributed by atoms with Crippen LogP contribution in [-0.4, -0.2) is 41.4 Å². The number of nitrogens with one attached hydrogen (secondary N) is 2. The summed E-state index contributed by atoms with van der Waals surface area (Å²) < 4.78 is 4.82. The van der Waals surface area contributed by atoms with Crippen LogP contribution in [0.2, 0.25) is 0 Å². The van der Waals surface area contributed by atoms with Crippen LogP contribution in [0.3, 0.4) is 0 Å². The molecule has 0 aromatic heterocycles. The highest BCUT2D eigenvalue weighted by Gasteiger charge is 2.27. The first-order valence-electron chi connectivity index (χ1n) is 4.01. The van der Waals surface area contributed by atoms with Gasteiger partial charge in [-0.1, -0.05) is 0 Å². The Bertz CT molecular complexity index is 323. The highest BCUT2D eigenvalue weighted by atomic mass is 16.6. The average molecular weight is 199 g/mol. The van der Waals surface area contributed by atoms with Gasteiger partial charge in [0.25, 0.3) is 0 Å². The second-order valence-corrected chi connectivity index (χ2v) is 2.85. The second-order valence-electron chi connectivity index (χ2n) is 2.85. The Kier molecular flexibility index (Phi) is 2.10. The predicted molar refractivity (Wildman–Crippen MR) is 44.8 cm³/mol. The first kappa shape index (κ1) is 8.97. The maximum atomic E-state index is 10.9. The van der Waals surface area contributed by atoms with E-state index in [9.17, 15) is 4.79 Å². The van der Waals surface area contributed by atoms with Crippen molar-refractivity contribution in [2.75, 3.05) is 6.54 Å². The molecule has 14 heavy (non-hydrogen) atoms. The Morgan fingerprint density at radius 2 is 2.43 bits per heavy atom. The number of rotatable bonds is 1. The molecule has 0 spiro atoms. The monoisotopic (exact) mass is 199 g/mol. The van der Waals surface area contributed by atoms with E-state index in [2.05, 4.69) is 15.6 Å². The van der Waals surface area contributed by atoms with Crippen molar-refractivity contribution >= 4 is 12.2 Å². The Labute approximate surface area is 79.1 Å². The lowest BCUT2D eigenvalue weighted by molar-refractivity contribution is -0.141. The van der Waals surface area contributed by atoms with E-state index >= 15 is 0 Å². The normalized spacial score (nSPS) is 25.4. The summed E-state index contributed by atoms with van der Waals surface area (Å²) in [6.45, 7) is 0.0822. The van der Waals surface area contributed by atoms with Crippen LogP contribution in [0, 0.1) is 0 Å². The van der Waals surface area contributed by atoms with Gasteiger partial charge in [0, 0.05) is 0 Å². The van der Waals surface area contributed by atoms with Crippen LogP contribution in [0.1, 0.15) is 0 Å². The third-order valence-corrected chi connectivity index (χ3v) is 1.81. The van der Waals surface area contributed by atoms with E-state index in [1.54, 1.807) is 0 Å². The lowest BCUT2D eigenvalue weighted by Gasteiger charge is -2.27. The molecule has 2 aliphatic rings. The fraction of sp³-hybridized carbons (Fsp3) is 0.429. The molecule has 0 bridgehead atoms. The first-order chi connectivity index (χ1) is 6.66. The van der Waals surface area contributed by atoms with Crippen LogP contribution in [0.15, 0.2) is 16.6 Å². The van der Waals surface area contributed by atoms with E-state index in [0.29, 0.717) is 5.70 Å². The molecular weight excluding hydrogens is 190 g/mol. The summed E-state index contributed by atoms with van der Waals surface area (Å²) in [7, 11) is 0. The average Bonchev–Trinajstić information content (AvgIpc) is 2.16. The van der Waals surface area contributed by atoms with Crippen molar-refractivity contribution in [1.29, 1.82) is 0 Å². The summed E-state index contributed by atoms with van der Waals surface area (Å²) in [5.74, 6) is -0.257. The van der Waals surface area contributed by atoms with Crippen molar-refractivity contribution in [3.05, 3.63) is 11.6 Å². The summed E-state index contributed by atoms with van der Waals surface area (Å²) in [6, 6.07) is 0. The topological polar surface area (TPSA) is 103 Å². The number of nitrogens with zero attached hydrogens (tertiary/aromatic N) is 1. The predicted octanol–water partition coefficient (Wildman–Crippen LogP) is -2.39. The maximum absolute atomic E-state index is 10.9. The number of hydrogen-bond acceptors (Lipinski definition) is 7. The molecule has 0 amide bonds. The van der Waals surface area contributed by atoms with E-state index < -0.39 is 18.4 Å². The number of aliphatic imine (C=N–C) groups is 1. The molecule has 0 aliphatic carbocycles. The zero-order valence-electron chi connectivity index (χ0n) is 7.10. The van der Waals surface area contributed by atoms with Gasteiger partial charge in [0.2, 0.25) is 5.88 Å². The maximum Gasteiger partial charge on any atom is 0.332 e. The summed E-state index contributed by atoms with van der Waals surface area (Å²) in [6.07, 6.45) is -1.15. The standard InChI is InChI=1S/C7H9N3O4/c11-4-2-8-3-1-9-5(7(12)13)10-6(3)14-4/h1,5,7-8,10,12-13H,2H2. The van der Waals surface area contributed by atoms with Gasteiger partial charge < -0.3 is 25.6 Å². The Morgan fingerprint density at radius 1 is 1.64 bits per heavy atom. The van der Waals surface area contributed by atoms with Crippen LogP contribution < -0.4 is 10.6 Å². The smallest absolute Gasteiger partial charge is 0.332 e. The van der Waals surface area contributed by atoms with Gasteiger partial charge in [-0.3, -0.25) is 4.99 Å². The number of aliphatic hydroxyl groups excluding tert-OH is 1. The van der Waals surface area contributed by atoms with Gasteiger partial charge in [-0.2, -0.15) is 0 Å². The third-order valence-electron chi connectivity index (χ3n) is 1.81. The molecule has 0 saturated carbocycles. The Morgan fingerprint density at radius 3 is 3.14 bits per heavy atom. The molecule has 7 heteroatoms. The molecule has 0 aromatic carbocycles. The highest BCUT2D eigenvalue weighted by Crippen LogP contribution is 2.11. The van der Waals surface area contributed by atoms with Crippen LogP contribution in [0.25, 0.3) is 0 Å². The quantitative estimate of drug-likeness (QED) is 0.277. The highest BCUT2D eigenvalue weighted by molar-refractivity contribution is 5.84. The number of carbonyl (C=O) groups is 1. The fourth-order valence-corrected chi connectivity index (χ4v) is 1.14. The van der Waals surface area contributed by atoms with Crippen LogP contribution in [-0.2, 0) is 9.53 Å². The van der Waals surface area contributed by atoms with Gasteiger partial charge in [-0.05, 0) is 0 Å². The number of esters is 1. The van der Waals surface area contributed by atoms with E-state index in [0.717, 1.165) is 0 Å². The molecule has 7 nitrogen and oxygen atoms in total. The lowest BCUT2D eigenvalue weighted by atomic mass is 10.3. The Hall–Kier alpha value is -1.60. The van der Waals surface area contributed by atoms with Gasteiger partial charge >= 0.3 is 5.97 Å². The minimum atomic E-state index is -1.64. The molecule has 0 fully saturated rings. The van der Waals surface area contributed by atoms with Crippen molar-refractivity contribution in [1.82, 2.24) is 10.6 Å². The zero-order valence-corrected chi connectivity index (χ0v) is 7.10. The first-order valence-corrected chi connectivity index (χ1v) is 4.01. The molecular formula is C7H9N3O4. The third kappa shape index (κ3) is 1.54. The fourth-order valence-electron chi connectivity index (χ4n) is 1.14. The molecule has 0 aromatic rings. The largest absolute Gasteiger partial charge is 0.406 e. The van der Waals surface area contributed by atoms with Crippen molar-refractivity contribution in [2.24, 2.45) is 4.99 Å². The van der Waals surface area contributed by atoms with E-state index in [-0.39, 0.29) is 12.4 Å². The van der Waals surface area contributed by atoms with Gasteiger partial charge in [0.1, 0.15) is 12.2 Å². The summed E-state index contributed by atoms with van der Waals surface area (Å²) in [4.78, 5) is 14.7. The molecule has 1 atom stereocenters. The minimum absolute atomic E-state index is 0.0822. The second kappa shape index (κ2) is 3.28. The van der Waals surface area contributed by atoms with Crippen molar-refractivity contribution in [2.45, 2.75) is 12.5 Å². The molecule has 0 saturated heterocycles. The van der Waals surface area contributed by atoms with Gasteiger partial charge in [-0.25, -0.2) is 4.79 Å². The number of hydrogen-bond donors (Lipinski definition) is 4. The molecule has 2 heterocycles. The van der Waals surface area contributed by atoms with Crippen LogP contribution >= 0.6 is 0 Å². The lowest BCUT2D eigenvalue weighted by Crippen LogP contribution is -2.46. The molecule has 2 aliphatic heterocycles. The summed E-state index contributed by atoms with van der Waals surface area (Å²) in [5.41, 5.74) is 0.529. The molecule has 1 unspecified atom stereocenters. The van der Waals surface area contributed by atoms with Crippen LogP contribution in [0.5, 0.6) is 0 Å². The van der Waals surface area contributed by atoms with Crippen molar-refractivity contribution < 1.29 is 19.7 Å². The van der Waals surface area contributed by atoms with Crippen molar-refractivity contribution in [3.8, 4) is 0 Å². The molecule has 76 valence electrons. The summed E-state index contributed by atoms with van der Waals surface area (Å²) in [5, 5.41) is 23.0. The number of carbonyl (C=O) groups excluding carboxylic acids is 1. The zero-order chi connectivity index (χ0) is 10.1. The number of aliphatic hydroxyl groups is 2. The van der Waals surface area contributed by atoms with Crippen molar-refractivity contribution in [3.63, 3.8) is 0 Å². The van der Waals surface area contributed by atoms with E-state index in [4.69, 9.17) is 14.9 Å². The molecule has 0 radical (unpaired) electrons. The number of allylic oxidation sites excluding steroid dienone is 1. The SMILES string of the molecule is O=C1CNC2=C(NC(C(O)O)N=C2)O1. The van der Waals surface area contributed by atoms with E-state index in [1.165, 1.54) is 6.21 Å². The molecule has 4 N–H and O–H groups in total.